The lowest BCUT2D eigenvalue weighted by molar-refractivity contribution is 0.566. The van der Waals surface area contributed by atoms with Crippen LogP contribution >= 0.6 is 0 Å². The zero-order chi connectivity index (χ0) is 14.2. The monoisotopic (exact) mass is 279 g/mol. The minimum atomic E-state index is 0.850. The van der Waals surface area contributed by atoms with Crippen LogP contribution in [0.1, 0.15) is 18.4 Å². The Morgan fingerprint density at radius 1 is 1.10 bits per heavy atom. The highest BCUT2D eigenvalue weighted by Gasteiger charge is 2.23. The van der Waals surface area contributed by atoms with E-state index < -0.39 is 0 Å². The van der Waals surface area contributed by atoms with Crippen molar-refractivity contribution in [1.29, 1.82) is 0 Å². The third kappa shape index (κ3) is 2.14. The first-order valence-corrected chi connectivity index (χ1v) is 7.34. The normalized spacial score (nSPS) is 17.0. The number of rotatable bonds is 1. The second-order valence-electron chi connectivity index (χ2n) is 5.49. The Labute approximate surface area is 123 Å². The van der Waals surface area contributed by atoms with Gasteiger partial charge in [-0.15, -0.1) is 0 Å². The third-order valence-electron chi connectivity index (χ3n) is 3.87. The van der Waals surface area contributed by atoms with Crippen molar-refractivity contribution in [3.05, 3.63) is 35.9 Å². The van der Waals surface area contributed by atoms with Gasteiger partial charge in [-0.1, -0.05) is 29.8 Å². The van der Waals surface area contributed by atoms with Crippen LogP contribution in [0.3, 0.4) is 0 Å². The maximum atomic E-state index is 4.71. The first-order chi connectivity index (χ1) is 10.3. The molecule has 5 nitrogen and oxygen atoms in total. The van der Waals surface area contributed by atoms with Crippen LogP contribution in [0.2, 0.25) is 0 Å². The number of hydrogen-bond donors (Lipinski definition) is 0. The molecule has 2 aliphatic rings. The molecule has 2 aliphatic heterocycles. The summed E-state index contributed by atoms with van der Waals surface area (Å²) < 4.78 is 1.86. The highest BCUT2D eigenvalue weighted by molar-refractivity contribution is 5.96. The summed E-state index contributed by atoms with van der Waals surface area (Å²) in [4.78, 5) is 11.3. The summed E-state index contributed by atoms with van der Waals surface area (Å²) in [5, 5.41) is 4.71. The van der Waals surface area contributed by atoms with E-state index in [1.54, 1.807) is 0 Å². The fraction of sp³-hybridized carbons (Fsp3) is 0.312. The molecule has 106 valence electrons. The molecule has 0 aliphatic carbocycles. The maximum absolute atomic E-state index is 4.71. The quantitative estimate of drug-likeness (QED) is 0.805. The maximum Gasteiger partial charge on any atom is 0.229 e. The minimum absolute atomic E-state index is 0.850. The number of aryl methyl sites for hydroxylation is 1. The number of aliphatic imine (C=N–C) groups is 2. The lowest BCUT2D eigenvalue weighted by Crippen LogP contribution is -2.37. The van der Waals surface area contributed by atoms with E-state index in [-0.39, 0.29) is 0 Å². The summed E-state index contributed by atoms with van der Waals surface area (Å²) >= 11 is 0. The van der Waals surface area contributed by atoms with E-state index in [0.29, 0.717) is 0 Å². The standard InChI is InChI=1S/C16H17N5/c1-12-4-6-13(7-5-12)14-10-15-18-11-20-9-3-2-8-17-16(20)21(15)19-14/h4-7,10-11H,2-3,8-9H2,1H3. The number of aromatic nitrogens is 2. The Morgan fingerprint density at radius 3 is 2.81 bits per heavy atom. The van der Waals surface area contributed by atoms with Crippen molar-refractivity contribution < 1.29 is 0 Å². The minimum Gasteiger partial charge on any atom is -0.301 e. The lowest BCUT2D eigenvalue weighted by Gasteiger charge is -2.23. The molecular weight excluding hydrogens is 262 g/mol. The number of hydrogen-bond acceptors (Lipinski definition) is 4. The van der Waals surface area contributed by atoms with E-state index in [1.807, 2.05) is 17.1 Å². The molecule has 0 saturated carbocycles. The van der Waals surface area contributed by atoms with Gasteiger partial charge in [0, 0.05) is 24.7 Å². The predicted octanol–water partition coefficient (Wildman–Crippen LogP) is 2.83. The van der Waals surface area contributed by atoms with Crippen molar-refractivity contribution in [2.45, 2.75) is 19.8 Å². The van der Waals surface area contributed by atoms with Gasteiger partial charge in [0.15, 0.2) is 5.82 Å². The van der Waals surface area contributed by atoms with E-state index in [2.05, 4.69) is 46.1 Å². The molecule has 0 fully saturated rings. The van der Waals surface area contributed by atoms with Crippen molar-refractivity contribution >= 4 is 18.1 Å². The van der Waals surface area contributed by atoms with Gasteiger partial charge in [-0.3, -0.25) is 4.99 Å². The summed E-state index contributed by atoms with van der Waals surface area (Å²) in [6.45, 7) is 3.91. The summed E-state index contributed by atoms with van der Waals surface area (Å²) in [6, 6.07) is 10.4. The molecule has 0 spiro atoms. The number of fused-ring (bicyclic) bond motifs is 3. The Bertz CT molecular complexity index is 724. The molecule has 3 heterocycles. The number of benzene rings is 1. The predicted molar refractivity (Wildman–Crippen MR) is 84.2 cm³/mol. The van der Waals surface area contributed by atoms with Gasteiger partial charge in [-0.25, -0.2) is 4.99 Å². The van der Waals surface area contributed by atoms with Gasteiger partial charge < -0.3 is 4.90 Å². The summed E-state index contributed by atoms with van der Waals surface area (Å²) in [5.74, 6) is 1.75. The molecule has 0 amide bonds. The molecule has 0 atom stereocenters. The van der Waals surface area contributed by atoms with Crippen molar-refractivity contribution in [3.63, 3.8) is 0 Å². The zero-order valence-corrected chi connectivity index (χ0v) is 12.0. The van der Waals surface area contributed by atoms with Gasteiger partial charge in [0.2, 0.25) is 5.96 Å². The molecule has 5 heteroatoms. The van der Waals surface area contributed by atoms with Crippen molar-refractivity contribution in [1.82, 2.24) is 14.7 Å². The lowest BCUT2D eigenvalue weighted by atomic mass is 10.1. The second-order valence-corrected chi connectivity index (χ2v) is 5.49. The highest BCUT2D eigenvalue weighted by Crippen LogP contribution is 2.26. The second kappa shape index (κ2) is 4.84. The van der Waals surface area contributed by atoms with Crippen LogP contribution < -0.4 is 0 Å². The van der Waals surface area contributed by atoms with Crippen LogP contribution in [0.15, 0.2) is 40.3 Å². The average molecular weight is 279 g/mol. The van der Waals surface area contributed by atoms with Gasteiger partial charge in [-0.05, 0) is 19.8 Å². The molecule has 1 aromatic heterocycles. The zero-order valence-electron chi connectivity index (χ0n) is 12.0. The molecule has 0 N–H and O–H groups in total. The molecule has 4 rings (SSSR count). The Morgan fingerprint density at radius 2 is 1.95 bits per heavy atom. The fourth-order valence-corrected chi connectivity index (χ4v) is 2.67. The van der Waals surface area contributed by atoms with Crippen molar-refractivity contribution in [3.8, 4) is 11.3 Å². The van der Waals surface area contributed by atoms with Gasteiger partial charge in [0.05, 0.1) is 12.0 Å². The Kier molecular flexibility index (Phi) is 2.84. The summed E-state index contributed by atoms with van der Waals surface area (Å²) in [6.07, 6.45) is 4.13. The van der Waals surface area contributed by atoms with Gasteiger partial charge in [-0.2, -0.15) is 9.78 Å². The Balaban J connectivity index is 1.77. The third-order valence-corrected chi connectivity index (χ3v) is 3.87. The molecule has 0 unspecified atom stereocenters. The topological polar surface area (TPSA) is 45.8 Å². The average Bonchev–Trinajstić information content (AvgIpc) is 2.79. The smallest absolute Gasteiger partial charge is 0.229 e. The van der Waals surface area contributed by atoms with Crippen LogP contribution in [0.4, 0.5) is 5.82 Å². The molecule has 2 aromatic rings. The van der Waals surface area contributed by atoms with Crippen LogP contribution in [0, 0.1) is 6.92 Å². The molecule has 1 aromatic carbocycles. The van der Waals surface area contributed by atoms with Crippen molar-refractivity contribution in [2.75, 3.05) is 13.1 Å². The van der Waals surface area contributed by atoms with E-state index in [9.17, 15) is 0 Å². The highest BCUT2D eigenvalue weighted by atomic mass is 15.5. The van der Waals surface area contributed by atoms with Crippen LogP contribution in [-0.2, 0) is 0 Å². The first kappa shape index (κ1) is 12.3. The van der Waals surface area contributed by atoms with E-state index in [4.69, 9.17) is 5.10 Å². The van der Waals surface area contributed by atoms with E-state index in [1.165, 1.54) is 5.56 Å². The van der Waals surface area contributed by atoms with Gasteiger partial charge >= 0.3 is 0 Å². The molecule has 0 bridgehead atoms. The summed E-state index contributed by atoms with van der Waals surface area (Å²) in [5.41, 5.74) is 3.30. The fourth-order valence-electron chi connectivity index (χ4n) is 2.67. The summed E-state index contributed by atoms with van der Waals surface area (Å²) in [7, 11) is 0. The van der Waals surface area contributed by atoms with Crippen LogP contribution in [0.25, 0.3) is 11.3 Å². The Hall–Kier alpha value is -2.43. The molecule has 0 saturated heterocycles. The molecule has 0 radical (unpaired) electrons. The molecular formula is C16H17N5. The SMILES string of the molecule is Cc1ccc(-c2cc3n(n2)C2=NCCCCN2C=N3)cc1. The van der Waals surface area contributed by atoms with Crippen molar-refractivity contribution in [2.24, 2.45) is 9.98 Å². The van der Waals surface area contributed by atoms with Gasteiger partial charge in [0.1, 0.15) is 0 Å². The van der Waals surface area contributed by atoms with Crippen LogP contribution in [-0.4, -0.2) is 40.1 Å². The van der Waals surface area contributed by atoms with Crippen LogP contribution in [0.5, 0.6) is 0 Å². The first-order valence-electron chi connectivity index (χ1n) is 7.34. The van der Waals surface area contributed by atoms with E-state index >= 15 is 0 Å². The van der Waals surface area contributed by atoms with Gasteiger partial charge in [0.25, 0.3) is 0 Å². The number of nitrogens with zero attached hydrogens (tertiary/aromatic N) is 5. The largest absolute Gasteiger partial charge is 0.301 e. The molecule has 21 heavy (non-hydrogen) atoms. The van der Waals surface area contributed by atoms with E-state index in [0.717, 1.165) is 49.0 Å².